The average molecular weight is 134 g/mol. The second-order valence-corrected chi connectivity index (χ2v) is 2.32. The van der Waals surface area contributed by atoms with Gasteiger partial charge in [-0.15, -0.1) is 0 Å². The lowest BCUT2D eigenvalue weighted by Crippen LogP contribution is -1.96. The Labute approximate surface area is 59.9 Å². The first-order valence-corrected chi connectivity index (χ1v) is 3.10. The molecule has 0 unspecified atom stereocenters. The molecule has 3 nitrogen and oxygen atoms in total. The van der Waals surface area contributed by atoms with Crippen molar-refractivity contribution in [3.05, 3.63) is 18.2 Å². The Balaban J connectivity index is 2.91. The molecule has 0 aliphatic rings. The Bertz CT molecular complexity index is 254. The first-order chi connectivity index (χ1) is 4.74. The van der Waals surface area contributed by atoms with Crippen molar-refractivity contribution < 1.29 is 0 Å². The van der Waals surface area contributed by atoms with Crippen molar-refractivity contribution >= 4 is 0 Å². The SMILES string of the molecule is CC(C)n1[c]c(C#N)nc1. The quantitative estimate of drug-likeness (QED) is 0.577. The van der Waals surface area contributed by atoms with Crippen LogP contribution in [0.4, 0.5) is 0 Å². The predicted octanol–water partition coefficient (Wildman–Crippen LogP) is 1.14. The number of hydrogen-bond acceptors (Lipinski definition) is 2. The van der Waals surface area contributed by atoms with Gasteiger partial charge in [0, 0.05) is 6.04 Å². The molecule has 1 radical (unpaired) electrons. The van der Waals surface area contributed by atoms with Gasteiger partial charge in [0.05, 0.1) is 6.33 Å². The van der Waals surface area contributed by atoms with Crippen LogP contribution < -0.4 is 0 Å². The van der Waals surface area contributed by atoms with E-state index in [4.69, 9.17) is 5.26 Å². The lowest BCUT2D eigenvalue weighted by Gasteiger charge is -2.01. The highest BCUT2D eigenvalue weighted by atomic mass is 15.0. The molecule has 1 aromatic heterocycles. The van der Waals surface area contributed by atoms with Gasteiger partial charge in [-0.25, -0.2) is 4.98 Å². The second-order valence-electron chi connectivity index (χ2n) is 2.32. The normalized spacial score (nSPS) is 9.80. The summed E-state index contributed by atoms with van der Waals surface area (Å²) >= 11 is 0. The molecule has 0 saturated carbocycles. The van der Waals surface area contributed by atoms with Crippen molar-refractivity contribution in [1.29, 1.82) is 5.26 Å². The highest BCUT2D eigenvalue weighted by molar-refractivity contribution is 5.14. The largest absolute Gasteiger partial charge is 0.326 e. The molecule has 0 bridgehead atoms. The number of nitriles is 1. The fourth-order valence-electron chi connectivity index (χ4n) is 0.616. The smallest absolute Gasteiger partial charge is 0.168 e. The fourth-order valence-corrected chi connectivity index (χ4v) is 0.616. The molecule has 1 aromatic rings. The molecule has 1 heterocycles. The Hall–Kier alpha value is -1.30. The molecule has 0 aromatic carbocycles. The third-order valence-electron chi connectivity index (χ3n) is 1.21. The van der Waals surface area contributed by atoms with E-state index in [1.54, 1.807) is 10.9 Å². The van der Waals surface area contributed by atoms with Crippen molar-refractivity contribution in [2.75, 3.05) is 0 Å². The molecular weight excluding hydrogens is 126 g/mol. The van der Waals surface area contributed by atoms with Crippen molar-refractivity contribution in [2.45, 2.75) is 19.9 Å². The number of hydrogen-bond donors (Lipinski definition) is 0. The summed E-state index contributed by atoms with van der Waals surface area (Å²) < 4.78 is 1.78. The van der Waals surface area contributed by atoms with Crippen LogP contribution in [0.25, 0.3) is 0 Å². The van der Waals surface area contributed by atoms with Crippen LogP contribution >= 0.6 is 0 Å². The molecule has 3 heteroatoms. The zero-order valence-corrected chi connectivity index (χ0v) is 6.00. The summed E-state index contributed by atoms with van der Waals surface area (Å²) in [7, 11) is 0. The maximum Gasteiger partial charge on any atom is 0.168 e. The lowest BCUT2D eigenvalue weighted by atomic mass is 10.4. The van der Waals surface area contributed by atoms with E-state index in [9.17, 15) is 0 Å². The summed E-state index contributed by atoms with van der Waals surface area (Å²) in [4.78, 5) is 3.80. The molecular formula is C7H8N3. The second kappa shape index (κ2) is 2.53. The molecule has 0 aliphatic heterocycles. The molecule has 51 valence electrons. The van der Waals surface area contributed by atoms with Gasteiger partial charge < -0.3 is 4.57 Å². The molecule has 0 fully saturated rings. The van der Waals surface area contributed by atoms with E-state index in [1.165, 1.54) is 0 Å². The number of rotatable bonds is 1. The standard InChI is InChI=1S/C7H8N3/c1-6(2)10-4-7(3-8)9-5-10/h5-6H,1-2H3. The monoisotopic (exact) mass is 134 g/mol. The fraction of sp³-hybridized carbons (Fsp3) is 0.429. The van der Waals surface area contributed by atoms with E-state index in [1.807, 2.05) is 19.9 Å². The van der Waals surface area contributed by atoms with E-state index in [2.05, 4.69) is 11.2 Å². The van der Waals surface area contributed by atoms with Gasteiger partial charge in [-0.05, 0) is 13.8 Å². The van der Waals surface area contributed by atoms with Crippen LogP contribution in [0, 0.1) is 17.5 Å². The summed E-state index contributed by atoms with van der Waals surface area (Å²) in [6.45, 7) is 4.03. The Morgan fingerprint density at radius 2 is 2.50 bits per heavy atom. The first kappa shape index (κ1) is 6.81. The predicted molar refractivity (Wildman–Crippen MR) is 36.2 cm³/mol. The zero-order chi connectivity index (χ0) is 7.56. The molecule has 1 rings (SSSR count). The maximum absolute atomic E-state index is 8.38. The average Bonchev–Trinajstić information content (AvgIpc) is 2.34. The van der Waals surface area contributed by atoms with Crippen LogP contribution in [0.2, 0.25) is 0 Å². The van der Waals surface area contributed by atoms with Gasteiger partial charge >= 0.3 is 0 Å². The van der Waals surface area contributed by atoms with E-state index in [0.717, 1.165) is 0 Å². The van der Waals surface area contributed by atoms with Crippen molar-refractivity contribution in [3.8, 4) is 6.07 Å². The maximum atomic E-state index is 8.38. The lowest BCUT2D eigenvalue weighted by molar-refractivity contribution is 0.596. The summed E-state index contributed by atoms with van der Waals surface area (Å²) in [5.74, 6) is 0. The van der Waals surface area contributed by atoms with Crippen LogP contribution in [0.3, 0.4) is 0 Å². The van der Waals surface area contributed by atoms with Gasteiger partial charge in [0.1, 0.15) is 12.3 Å². The summed E-state index contributed by atoms with van der Waals surface area (Å²) in [5.41, 5.74) is 0.355. The van der Waals surface area contributed by atoms with Crippen LogP contribution in [0.15, 0.2) is 6.33 Å². The molecule has 0 saturated heterocycles. The van der Waals surface area contributed by atoms with Gasteiger partial charge in [-0.2, -0.15) is 5.26 Å². The van der Waals surface area contributed by atoms with Crippen LogP contribution in [-0.4, -0.2) is 9.55 Å². The number of aromatic nitrogens is 2. The van der Waals surface area contributed by atoms with E-state index < -0.39 is 0 Å². The van der Waals surface area contributed by atoms with Crippen molar-refractivity contribution in [3.63, 3.8) is 0 Å². The Kier molecular flexibility index (Phi) is 1.72. The molecule has 0 amide bonds. The molecule has 10 heavy (non-hydrogen) atoms. The summed E-state index contributed by atoms with van der Waals surface area (Å²) in [6, 6.07) is 2.24. The highest BCUT2D eigenvalue weighted by Gasteiger charge is 1.99. The molecule has 0 atom stereocenters. The van der Waals surface area contributed by atoms with Gasteiger partial charge in [0.25, 0.3) is 0 Å². The molecule has 0 aliphatic carbocycles. The Morgan fingerprint density at radius 1 is 1.80 bits per heavy atom. The van der Waals surface area contributed by atoms with Crippen LogP contribution in [0.5, 0.6) is 0 Å². The van der Waals surface area contributed by atoms with Gasteiger partial charge in [-0.1, -0.05) is 0 Å². The van der Waals surface area contributed by atoms with Crippen LogP contribution in [0.1, 0.15) is 25.6 Å². The zero-order valence-electron chi connectivity index (χ0n) is 6.00. The molecule has 0 N–H and O–H groups in total. The highest BCUT2D eigenvalue weighted by Crippen LogP contribution is 2.02. The number of nitrogens with zero attached hydrogens (tertiary/aromatic N) is 3. The van der Waals surface area contributed by atoms with E-state index >= 15 is 0 Å². The van der Waals surface area contributed by atoms with Crippen molar-refractivity contribution in [2.24, 2.45) is 0 Å². The van der Waals surface area contributed by atoms with Crippen LogP contribution in [-0.2, 0) is 0 Å². The Morgan fingerprint density at radius 3 is 2.80 bits per heavy atom. The minimum Gasteiger partial charge on any atom is -0.326 e. The topological polar surface area (TPSA) is 41.6 Å². The summed E-state index contributed by atoms with van der Waals surface area (Å²) in [5, 5.41) is 8.38. The third kappa shape index (κ3) is 1.16. The van der Waals surface area contributed by atoms with E-state index in [-0.39, 0.29) is 0 Å². The minimum absolute atomic E-state index is 0.328. The van der Waals surface area contributed by atoms with Gasteiger partial charge in [-0.3, -0.25) is 0 Å². The minimum atomic E-state index is 0.328. The number of imidazole rings is 1. The van der Waals surface area contributed by atoms with E-state index in [0.29, 0.717) is 11.7 Å². The van der Waals surface area contributed by atoms with Gasteiger partial charge in [0.2, 0.25) is 0 Å². The molecule has 0 spiro atoms. The van der Waals surface area contributed by atoms with Crippen molar-refractivity contribution in [1.82, 2.24) is 9.55 Å². The third-order valence-corrected chi connectivity index (χ3v) is 1.21. The first-order valence-electron chi connectivity index (χ1n) is 3.10. The van der Waals surface area contributed by atoms with Gasteiger partial charge in [0.15, 0.2) is 5.69 Å². The summed E-state index contributed by atoms with van der Waals surface area (Å²) in [6.07, 6.45) is 4.42.